The molecule has 2 rings (SSSR count). The third kappa shape index (κ3) is 1.67. The quantitative estimate of drug-likeness (QED) is 0.634. The summed E-state index contributed by atoms with van der Waals surface area (Å²) in [5.41, 5.74) is 4.89. The molecule has 0 spiro atoms. The highest BCUT2D eigenvalue weighted by molar-refractivity contribution is 7.79. The van der Waals surface area contributed by atoms with Crippen molar-refractivity contribution in [1.29, 1.82) is 0 Å². The van der Waals surface area contributed by atoms with E-state index in [1.165, 1.54) is 22.3 Å². The Hall–Kier alpha value is -0.670. The first-order valence-electron chi connectivity index (χ1n) is 4.27. The molecule has 0 aromatic heterocycles. The zero-order valence-corrected chi connectivity index (χ0v) is 8.61. The molecule has 13 heavy (non-hydrogen) atoms. The Balaban J connectivity index is 2.49. The first-order valence-corrected chi connectivity index (χ1v) is 5.52. The van der Waals surface area contributed by atoms with Crippen LogP contribution >= 0.6 is 0 Å². The van der Waals surface area contributed by atoms with Crippen LogP contribution in [0.3, 0.4) is 0 Å². The van der Waals surface area contributed by atoms with Gasteiger partial charge in [-0.05, 0) is 36.1 Å². The predicted molar refractivity (Wildman–Crippen MR) is 52.6 cm³/mol. The highest BCUT2D eigenvalue weighted by Gasteiger charge is 2.15. The van der Waals surface area contributed by atoms with Crippen molar-refractivity contribution in [2.45, 2.75) is 26.2 Å². The standard InChI is InChI=1S/C10H12O2S/c1-7-3-9-5-12-13(11)6-10(9)4-8(7)2/h3-4H,5-6H2,1-2H3. The fraction of sp³-hybridized carbons (Fsp3) is 0.400. The fourth-order valence-corrected chi connectivity index (χ4v) is 2.37. The summed E-state index contributed by atoms with van der Waals surface area (Å²) in [6, 6.07) is 4.24. The molecule has 1 aromatic carbocycles. The molecule has 70 valence electrons. The lowest BCUT2D eigenvalue weighted by molar-refractivity contribution is 0.327. The van der Waals surface area contributed by atoms with Crippen LogP contribution in [0.25, 0.3) is 0 Å². The molecule has 2 nitrogen and oxygen atoms in total. The van der Waals surface area contributed by atoms with Gasteiger partial charge in [0.15, 0.2) is 11.1 Å². The van der Waals surface area contributed by atoms with Crippen LogP contribution in [0.4, 0.5) is 0 Å². The van der Waals surface area contributed by atoms with Crippen LogP contribution in [-0.4, -0.2) is 4.21 Å². The van der Waals surface area contributed by atoms with Gasteiger partial charge in [-0.1, -0.05) is 12.1 Å². The smallest absolute Gasteiger partial charge is 0.160 e. The zero-order chi connectivity index (χ0) is 9.42. The Bertz CT molecular complexity index is 371. The maximum Gasteiger partial charge on any atom is 0.160 e. The van der Waals surface area contributed by atoms with Crippen LogP contribution in [0, 0.1) is 13.8 Å². The van der Waals surface area contributed by atoms with E-state index in [4.69, 9.17) is 4.18 Å². The SMILES string of the molecule is Cc1cc2c(cc1C)CS(=O)OC2. The van der Waals surface area contributed by atoms with Crippen molar-refractivity contribution >= 4 is 11.1 Å². The molecule has 1 atom stereocenters. The normalized spacial score (nSPS) is 21.2. The van der Waals surface area contributed by atoms with E-state index in [-0.39, 0.29) is 0 Å². The van der Waals surface area contributed by atoms with Crippen LogP contribution in [0.2, 0.25) is 0 Å². The molecule has 0 fully saturated rings. The first-order chi connectivity index (χ1) is 6.16. The average molecular weight is 196 g/mol. The van der Waals surface area contributed by atoms with Crippen LogP contribution in [0.1, 0.15) is 22.3 Å². The first kappa shape index (κ1) is 8.91. The Morgan fingerprint density at radius 1 is 1.23 bits per heavy atom. The molecule has 1 aliphatic heterocycles. The van der Waals surface area contributed by atoms with Gasteiger partial charge in [0.25, 0.3) is 0 Å². The minimum Gasteiger partial charge on any atom is -0.285 e. The van der Waals surface area contributed by atoms with Gasteiger partial charge in [0, 0.05) is 0 Å². The summed E-state index contributed by atoms with van der Waals surface area (Å²) in [5, 5.41) is 0. The highest BCUT2D eigenvalue weighted by Crippen LogP contribution is 2.22. The van der Waals surface area contributed by atoms with Crippen molar-refractivity contribution in [2.24, 2.45) is 0 Å². The van der Waals surface area contributed by atoms with E-state index in [2.05, 4.69) is 26.0 Å². The van der Waals surface area contributed by atoms with Gasteiger partial charge in [-0.15, -0.1) is 0 Å². The number of rotatable bonds is 0. The molecule has 1 aliphatic rings. The van der Waals surface area contributed by atoms with E-state index < -0.39 is 11.1 Å². The van der Waals surface area contributed by atoms with E-state index in [1.807, 2.05) is 0 Å². The number of aryl methyl sites for hydroxylation is 2. The number of fused-ring (bicyclic) bond motifs is 1. The zero-order valence-electron chi connectivity index (χ0n) is 7.79. The van der Waals surface area contributed by atoms with E-state index in [1.54, 1.807) is 0 Å². The second-order valence-electron chi connectivity index (χ2n) is 3.42. The Kier molecular flexibility index (Phi) is 2.22. The van der Waals surface area contributed by atoms with Crippen molar-refractivity contribution in [3.8, 4) is 0 Å². The van der Waals surface area contributed by atoms with Crippen LogP contribution in [0.15, 0.2) is 12.1 Å². The van der Waals surface area contributed by atoms with Crippen LogP contribution in [0.5, 0.6) is 0 Å². The van der Waals surface area contributed by atoms with Gasteiger partial charge in [-0.25, -0.2) is 4.21 Å². The summed E-state index contributed by atoms with van der Waals surface area (Å²) in [5.74, 6) is 0.538. The number of hydrogen-bond acceptors (Lipinski definition) is 2. The van der Waals surface area contributed by atoms with E-state index in [9.17, 15) is 4.21 Å². The lowest BCUT2D eigenvalue weighted by Crippen LogP contribution is -2.11. The Labute approximate surface area is 80.6 Å². The molecular weight excluding hydrogens is 184 g/mol. The minimum atomic E-state index is -1.12. The molecule has 1 unspecified atom stereocenters. The van der Waals surface area contributed by atoms with Crippen molar-refractivity contribution in [1.82, 2.24) is 0 Å². The molecule has 1 heterocycles. The van der Waals surface area contributed by atoms with Crippen molar-refractivity contribution in [3.63, 3.8) is 0 Å². The third-order valence-corrected chi connectivity index (χ3v) is 3.36. The monoisotopic (exact) mass is 196 g/mol. The summed E-state index contributed by atoms with van der Waals surface area (Å²) in [4.78, 5) is 0. The summed E-state index contributed by atoms with van der Waals surface area (Å²) in [7, 11) is 0. The van der Waals surface area contributed by atoms with Gasteiger partial charge in [-0.3, -0.25) is 4.18 Å². The molecular formula is C10H12O2S. The molecule has 0 bridgehead atoms. The van der Waals surface area contributed by atoms with Crippen LogP contribution in [-0.2, 0) is 27.6 Å². The summed E-state index contributed by atoms with van der Waals surface area (Å²) in [6.07, 6.45) is 0. The minimum absolute atomic E-state index is 0.489. The van der Waals surface area contributed by atoms with Gasteiger partial charge >= 0.3 is 0 Å². The highest BCUT2D eigenvalue weighted by atomic mass is 32.2. The second kappa shape index (κ2) is 3.24. The maximum atomic E-state index is 11.1. The van der Waals surface area contributed by atoms with Crippen molar-refractivity contribution in [3.05, 3.63) is 34.4 Å². The van der Waals surface area contributed by atoms with Crippen molar-refractivity contribution < 1.29 is 8.39 Å². The molecule has 0 radical (unpaired) electrons. The summed E-state index contributed by atoms with van der Waals surface area (Å²) in [6.45, 7) is 4.65. The van der Waals surface area contributed by atoms with Gasteiger partial charge in [0.1, 0.15) is 0 Å². The van der Waals surface area contributed by atoms with Gasteiger partial charge in [0.2, 0.25) is 0 Å². The molecule has 0 N–H and O–H groups in total. The lowest BCUT2D eigenvalue weighted by atomic mass is 10.0. The van der Waals surface area contributed by atoms with E-state index in [0.29, 0.717) is 12.4 Å². The lowest BCUT2D eigenvalue weighted by Gasteiger charge is -2.17. The third-order valence-electron chi connectivity index (χ3n) is 2.44. The molecule has 3 heteroatoms. The van der Waals surface area contributed by atoms with Gasteiger partial charge in [0.05, 0.1) is 12.4 Å². The van der Waals surface area contributed by atoms with Gasteiger partial charge < -0.3 is 0 Å². The fourth-order valence-electron chi connectivity index (χ4n) is 1.50. The number of hydrogen-bond donors (Lipinski definition) is 0. The average Bonchev–Trinajstić information content (AvgIpc) is 2.08. The maximum absolute atomic E-state index is 11.1. The topological polar surface area (TPSA) is 26.3 Å². The largest absolute Gasteiger partial charge is 0.285 e. The van der Waals surface area contributed by atoms with Crippen molar-refractivity contribution in [2.75, 3.05) is 0 Å². The van der Waals surface area contributed by atoms with Crippen LogP contribution < -0.4 is 0 Å². The molecule has 0 amide bonds. The Morgan fingerprint density at radius 3 is 2.54 bits per heavy atom. The van der Waals surface area contributed by atoms with E-state index >= 15 is 0 Å². The second-order valence-corrected chi connectivity index (χ2v) is 4.55. The van der Waals surface area contributed by atoms with E-state index in [0.717, 1.165) is 0 Å². The Morgan fingerprint density at radius 2 is 1.85 bits per heavy atom. The molecule has 0 saturated heterocycles. The molecule has 0 aliphatic carbocycles. The molecule has 1 aromatic rings. The van der Waals surface area contributed by atoms with Gasteiger partial charge in [-0.2, -0.15) is 0 Å². The summed E-state index contributed by atoms with van der Waals surface area (Å²) < 4.78 is 16.2. The predicted octanol–water partition coefficient (Wildman–Crippen LogP) is 2.00. The summed E-state index contributed by atoms with van der Waals surface area (Å²) >= 11 is -1.12. The number of benzene rings is 1. The molecule has 0 saturated carbocycles.